The lowest BCUT2D eigenvalue weighted by atomic mass is 10.0. The molecule has 29 heavy (non-hydrogen) atoms. The predicted octanol–water partition coefficient (Wildman–Crippen LogP) is 3.50. The molecule has 0 atom stereocenters. The van der Waals surface area contributed by atoms with Crippen LogP contribution in [-0.4, -0.2) is 36.0 Å². The molecular formula is C21H27N3O4S. The Kier molecular flexibility index (Phi) is 8.33. The highest BCUT2D eigenvalue weighted by atomic mass is 32.1. The fourth-order valence-corrected chi connectivity index (χ4v) is 3.21. The van der Waals surface area contributed by atoms with Gasteiger partial charge in [-0.25, -0.2) is 9.78 Å². The van der Waals surface area contributed by atoms with E-state index in [0.29, 0.717) is 18.2 Å². The van der Waals surface area contributed by atoms with Crippen molar-refractivity contribution in [2.45, 2.75) is 40.0 Å². The summed E-state index contributed by atoms with van der Waals surface area (Å²) in [7, 11) is 0. The van der Waals surface area contributed by atoms with Gasteiger partial charge in [0, 0.05) is 17.5 Å². The molecule has 1 heterocycles. The first-order valence-electron chi connectivity index (χ1n) is 9.52. The third-order valence-electron chi connectivity index (χ3n) is 3.99. The van der Waals surface area contributed by atoms with E-state index in [0.717, 1.165) is 10.6 Å². The van der Waals surface area contributed by atoms with Gasteiger partial charge in [-0.2, -0.15) is 0 Å². The number of hydrogen-bond acceptors (Lipinski definition) is 6. The van der Waals surface area contributed by atoms with Gasteiger partial charge in [0.1, 0.15) is 5.01 Å². The number of carbonyl (C=O) groups excluding carboxylic acids is 3. The molecule has 7 nitrogen and oxygen atoms in total. The number of thiazole rings is 1. The van der Waals surface area contributed by atoms with Crippen molar-refractivity contribution in [1.29, 1.82) is 0 Å². The van der Waals surface area contributed by atoms with Crippen LogP contribution in [0.25, 0.3) is 10.6 Å². The number of carbonyl (C=O) groups is 3. The minimum absolute atomic E-state index is 0.0343. The molecule has 2 aromatic rings. The lowest BCUT2D eigenvalue weighted by Crippen LogP contribution is -2.42. The number of aromatic nitrogens is 1. The third kappa shape index (κ3) is 7.65. The number of benzene rings is 1. The van der Waals surface area contributed by atoms with Crippen molar-refractivity contribution in [3.05, 3.63) is 40.9 Å². The number of amides is 3. The average Bonchev–Trinajstić information content (AvgIpc) is 3.13. The first-order chi connectivity index (χ1) is 13.7. The lowest BCUT2D eigenvalue weighted by molar-refractivity contribution is -0.147. The summed E-state index contributed by atoms with van der Waals surface area (Å²) in [6.45, 7) is 8.09. The Hall–Kier alpha value is -2.74. The smallest absolute Gasteiger partial charge is 0.321 e. The van der Waals surface area contributed by atoms with Crippen molar-refractivity contribution in [3.8, 4) is 10.6 Å². The number of nitrogens with zero attached hydrogens (tertiary/aromatic N) is 1. The molecule has 8 heteroatoms. The molecule has 0 aliphatic rings. The molecule has 156 valence electrons. The summed E-state index contributed by atoms with van der Waals surface area (Å²) in [5.41, 5.74) is 2.83. The zero-order valence-corrected chi connectivity index (χ0v) is 18.0. The van der Waals surface area contributed by atoms with E-state index in [1.165, 1.54) is 16.9 Å². The molecular weight excluding hydrogens is 390 g/mol. The van der Waals surface area contributed by atoms with E-state index in [-0.39, 0.29) is 12.3 Å². The summed E-state index contributed by atoms with van der Waals surface area (Å²) in [6, 6.07) is 7.58. The van der Waals surface area contributed by atoms with E-state index in [2.05, 4.69) is 41.6 Å². The summed E-state index contributed by atoms with van der Waals surface area (Å²) in [5.74, 6) is -0.521. The van der Waals surface area contributed by atoms with Crippen LogP contribution in [0.3, 0.4) is 0 Å². The molecule has 3 amide bonds. The molecule has 1 aromatic carbocycles. The fourth-order valence-electron chi connectivity index (χ4n) is 2.38. The van der Waals surface area contributed by atoms with Gasteiger partial charge in [-0.3, -0.25) is 14.9 Å². The fraction of sp³-hybridized carbons (Fsp3) is 0.429. The van der Waals surface area contributed by atoms with E-state index in [9.17, 15) is 14.4 Å². The normalized spacial score (nSPS) is 10.8. The van der Waals surface area contributed by atoms with Crippen LogP contribution in [0, 0.1) is 5.92 Å². The predicted molar refractivity (Wildman–Crippen MR) is 113 cm³/mol. The van der Waals surface area contributed by atoms with E-state index in [1.807, 2.05) is 26.0 Å². The minimum atomic E-state index is -0.677. The van der Waals surface area contributed by atoms with Crippen molar-refractivity contribution >= 4 is 29.2 Å². The Bertz CT molecular complexity index is 844. The number of ether oxygens (including phenoxy) is 1. The molecule has 0 spiro atoms. The van der Waals surface area contributed by atoms with Crippen LogP contribution in [0.2, 0.25) is 0 Å². The van der Waals surface area contributed by atoms with Crippen LogP contribution < -0.4 is 10.6 Å². The zero-order chi connectivity index (χ0) is 21.4. The maximum absolute atomic E-state index is 11.9. The van der Waals surface area contributed by atoms with Crippen molar-refractivity contribution in [2.75, 3.05) is 13.2 Å². The Morgan fingerprint density at radius 3 is 2.41 bits per heavy atom. The minimum Gasteiger partial charge on any atom is -0.455 e. The van der Waals surface area contributed by atoms with Gasteiger partial charge < -0.3 is 10.1 Å². The van der Waals surface area contributed by atoms with Gasteiger partial charge >= 0.3 is 12.0 Å². The van der Waals surface area contributed by atoms with Crippen LogP contribution in [0.5, 0.6) is 0 Å². The zero-order valence-electron chi connectivity index (χ0n) is 17.2. The van der Waals surface area contributed by atoms with Gasteiger partial charge in [-0.05, 0) is 17.4 Å². The maximum Gasteiger partial charge on any atom is 0.321 e. The van der Waals surface area contributed by atoms with Gasteiger partial charge in [0.2, 0.25) is 0 Å². The van der Waals surface area contributed by atoms with Gasteiger partial charge in [0.15, 0.2) is 6.61 Å². The number of urea groups is 1. The van der Waals surface area contributed by atoms with Gasteiger partial charge in [0.05, 0.1) is 12.1 Å². The van der Waals surface area contributed by atoms with Crippen molar-refractivity contribution in [3.63, 3.8) is 0 Å². The molecule has 0 radical (unpaired) electrons. The SMILES string of the molecule is CC(C)CNC(=O)NC(=O)COC(=O)Cc1csc(-c2ccc(C(C)C)cc2)n1. The van der Waals surface area contributed by atoms with Gasteiger partial charge in [0.25, 0.3) is 5.91 Å². The standard InChI is InChI=1S/C21H27N3O4S/c1-13(2)10-22-21(27)24-18(25)11-28-19(26)9-17-12-29-20(23-17)16-7-5-15(6-8-16)14(3)4/h5-8,12-14H,9-11H2,1-4H3,(H2,22,24,25,27). The molecule has 2 rings (SSSR count). The second-order valence-electron chi connectivity index (χ2n) is 7.41. The first-order valence-corrected chi connectivity index (χ1v) is 10.4. The molecule has 0 bridgehead atoms. The van der Waals surface area contributed by atoms with Gasteiger partial charge in [-0.1, -0.05) is 52.0 Å². The summed E-state index contributed by atoms with van der Waals surface area (Å²) >= 11 is 1.45. The van der Waals surface area contributed by atoms with Gasteiger partial charge in [-0.15, -0.1) is 11.3 Å². The Balaban J connectivity index is 1.79. The molecule has 1 aromatic heterocycles. The summed E-state index contributed by atoms with van der Waals surface area (Å²) in [4.78, 5) is 39.6. The number of hydrogen-bond donors (Lipinski definition) is 2. The third-order valence-corrected chi connectivity index (χ3v) is 4.93. The highest BCUT2D eigenvalue weighted by Gasteiger charge is 2.14. The second-order valence-corrected chi connectivity index (χ2v) is 8.27. The summed E-state index contributed by atoms with van der Waals surface area (Å²) in [5, 5.41) is 7.28. The molecule has 0 fully saturated rings. The average molecular weight is 418 g/mol. The molecule has 2 N–H and O–H groups in total. The van der Waals surface area contributed by atoms with Crippen LogP contribution in [0.1, 0.15) is 44.9 Å². The quantitative estimate of drug-likeness (QED) is 0.641. The molecule has 0 saturated heterocycles. The summed E-state index contributed by atoms with van der Waals surface area (Å²) < 4.78 is 4.92. The van der Waals surface area contributed by atoms with Crippen molar-refractivity contribution in [1.82, 2.24) is 15.6 Å². The van der Waals surface area contributed by atoms with E-state index < -0.39 is 24.5 Å². The second kappa shape index (κ2) is 10.7. The van der Waals surface area contributed by atoms with Crippen LogP contribution >= 0.6 is 11.3 Å². The number of rotatable bonds is 8. The first kappa shape index (κ1) is 22.5. The maximum atomic E-state index is 11.9. The highest BCUT2D eigenvalue weighted by molar-refractivity contribution is 7.13. The Morgan fingerprint density at radius 2 is 1.79 bits per heavy atom. The van der Waals surface area contributed by atoms with Crippen molar-refractivity contribution in [2.24, 2.45) is 5.92 Å². The molecule has 0 aliphatic carbocycles. The highest BCUT2D eigenvalue weighted by Crippen LogP contribution is 2.26. The summed E-state index contributed by atoms with van der Waals surface area (Å²) in [6.07, 6.45) is -0.0343. The Morgan fingerprint density at radius 1 is 1.10 bits per heavy atom. The van der Waals surface area contributed by atoms with E-state index in [4.69, 9.17) is 4.74 Å². The van der Waals surface area contributed by atoms with E-state index in [1.54, 1.807) is 5.38 Å². The molecule has 0 unspecified atom stereocenters. The largest absolute Gasteiger partial charge is 0.455 e. The molecule has 0 aliphatic heterocycles. The monoisotopic (exact) mass is 417 g/mol. The van der Waals surface area contributed by atoms with Crippen LogP contribution in [0.4, 0.5) is 4.79 Å². The van der Waals surface area contributed by atoms with E-state index >= 15 is 0 Å². The van der Waals surface area contributed by atoms with Crippen LogP contribution in [-0.2, 0) is 20.7 Å². The Labute approximate surface area is 174 Å². The topological polar surface area (TPSA) is 97.4 Å². The number of nitrogens with one attached hydrogen (secondary N) is 2. The number of imide groups is 1. The van der Waals surface area contributed by atoms with Crippen LogP contribution in [0.15, 0.2) is 29.6 Å². The lowest BCUT2D eigenvalue weighted by Gasteiger charge is -2.08. The molecule has 0 saturated carbocycles. The number of esters is 1. The van der Waals surface area contributed by atoms with Crippen molar-refractivity contribution < 1.29 is 19.1 Å².